The smallest absolute Gasteiger partial charge is 0.309 e. The van der Waals surface area contributed by atoms with E-state index in [2.05, 4.69) is 4.74 Å². The van der Waals surface area contributed by atoms with Crippen LogP contribution < -0.4 is 0 Å². The SMILES string of the molecule is CCOC(=O)C[C@]1(O)CCCC1=O. The Morgan fingerprint density at radius 3 is 2.85 bits per heavy atom. The van der Waals surface area contributed by atoms with Crippen molar-refractivity contribution in [3.8, 4) is 0 Å². The van der Waals surface area contributed by atoms with Crippen LogP contribution in [-0.2, 0) is 14.3 Å². The number of rotatable bonds is 3. The molecule has 1 N–H and O–H groups in total. The van der Waals surface area contributed by atoms with Crippen LogP contribution >= 0.6 is 0 Å². The third kappa shape index (κ3) is 2.28. The summed E-state index contributed by atoms with van der Waals surface area (Å²) in [4.78, 5) is 22.2. The van der Waals surface area contributed by atoms with Gasteiger partial charge in [0, 0.05) is 6.42 Å². The molecule has 4 heteroatoms. The lowest BCUT2D eigenvalue weighted by Crippen LogP contribution is -2.36. The maximum absolute atomic E-state index is 11.2. The van der Waals surface area contributed by atoms with E-state index < -0.39 is 11.6 Å². The second-order valence-corrected chi connectivity index (χ2v) is 3.29. The van der Waals surface area contributed by atoms with Crippen LogP contribution in [0.15, 0.2) is 0 Å². The fourth-order valence-electron chi connectivity index (χ4n) is 1.55. The highest BCUT2D eigenvalue weighted by atomic mass is 16.5. The molecule has 1 atom stereocenters. The standard InChI is InChI=1S/C9H14O4/c1-2-13-8(11)6-9(12)5-3-4-7(9)10/h12H,2-6H2,1H3/t9-/m1/s1. The molecule has 1 rings (SSSR count). The van der Waals surface area contributed by atoms with E-state index in [1.807, 2.05) is 0 Å². The van der Waals surface area contributed by atoms with Gasteiger partial charge in [0.1, 0.15) is 5.60 Å². The Balaban J connectivity index is 2.51. The number of carbonyl (C=O) groups is 2. The Morgan fingerprint density at radius 1 is 1.69 bits per heavy atom. The molecule has 0 spiro atoms. The van der Waals surface area contributed by atoms with Crippen molar-refractivity contribution in [1.29, 1.82) is 0 Å². The minimum Gasteiger partial charge on any atom is -0.466 e. The first-order valence-corrected chi connectivity index (χ1v) is 4.50. The van der Waals surface area contributed by atoms with Gasteiger partial charge < -0.3 is 9.84 Å². The first-order chi connectivity index (χ1) is 6.08. The maximum atomic E-state index is 11.2. The highest BCUT2D eigenvalue weighted by molar-refractivity contribution is 5.92. The van der Waals surface area contributed by atoms with Crippen LogP contribution in [0.1, 0.15) is 32.6 Å². The average Bonchev–Trinajstić information content (AvgIpc) is 2.32. The molecule has 0 aromatic rings. The highest BCUT2D eigenvalue weighted by Crippen LogP contribution is 2.29. The highest BCUT2D eigenvalue weighted by Gasteiger charge is 2.41. The minimum atomic E-state index is -1.44. The molecule has 0 aliphatic heterocycles. The van der Waals surface area contributed by atoms with Gasteiger partial charge >= 0.3 is 5.97 Å². The van der Waals surface area contributed by atoms with Gasteiger partial charge in [-0.2, -0.15) is 0 Å². The van der Waals surface area contributed by atoms with Gasteiger partial charge in [-0.05, 0) is 19.8 Å². The van der Waals surface area contributed by atoms with Gasteiger partial charge in [-0.25, -0.2) is 0 Å². The Morgan fingerprint density at radius 2 is 2.38 bits per heavy atom. The summed E-state index contributed by atoms with van der Waals surface area (Å²) in [6.45, 7) is 1.97. The molecule has 1 aliphatic carbocycles. The molecule has 1 aliphatic rings. The number of esters is 1. The summed E-state index contributed by atoms with van der Waals surface area (Å²) in [7, 11) is 0. The zero-order valence-electron chi connectivity index (χ0n) is 7.71. The molecule has 0 aromatic carbocycles. The van der Waals surface area contributed by atoms with E-state index in [9.17, 15) is 14.7 Å². The van der Waals surface area contributed by atoms with Gasteiger partial charge in [0.2, 0.25) is 0 Å². The molecule has 13 heavy (non-hydrogen) atoms. The summed E-state index contributed by atoms with van der Waals surface area (Å²) in [5.74, 6) is -0.735. The van der Waals surface area contributed by atoms with Gasteiger partial charge in [-0.15, -0.1) is 0 Å². The molecule has 0 amide bonds. The largest absolute Gasteiger partial charge is 0.466 e. The molecule has 1 saturated carbocycles. The maximum Gasteiger partial charge on any atom is 0.309 e. The van der Waals surface area contributed by atoms with Crippen molar-refractivity contribution in [3.05, 3.63) is 0 Å². The second-order valence-electron chi connectivity index (χ2n) is 3.29. The fraction of sp³-hybridized carbons (Fsp3) is 0.778. The Hall–Kier alpha value is -0.900. The predicted octanol–water partition coefficient (Wildman–Crippen LogP) is 0.424. The van der Waals surface area contributed by atoms with Gasteiger partial charge in [0.25, 0.3) is 0 Å². The van der Waals surface area contributed by atoms with Gasteiger partial charge in [-0.3, -0.25) is 9.59 Å². The van der Waals surface area contributed by atoms with Gasteiger partial charge in [0.15, 0.2) is 5.78 Å². The molecule has 0 radical (unpaired) electrons. The third-order valence-corrected chi connectivity index (χ3v) is 2.26. The predicted molar refractivity (Wildman–Crippen MR) is 45.1 cm³/mol. The monoisotopic (exact) mass is 186 g/mol. The normalized spacial score (nSPS) is 27.7. The lowest BCUT2D eigenvalue weighted by atomic mass is 9.97. The fourth-order valence-corrected chi connectivity index (χ4v) is 1.55. The third-order valence-electron chi connectivity index (χ3n) is 2.26. The number of Topliss-reactive ketones (excluding diaryl/α,β-unsaturated/α-hetero) is 1. The number of aliphatic hydroxyl groups is 1. The molecule has 0 heterocycles. The lowest BCUT2D eigenvalue weighted by Gasteiger charge is -2.18. The van der Waals surface area contributed by atoms with Gasteiger partial charge in [0.05, 0.1) is 13.0 Å². The Labute approximate surface area is 76.9 Å². The van der Waals surface area contributed by atoms with Crippen molar-refractivity contribution in [2.75, 3.05) is 6.61 Å². The number of hydrogen-bond donors (Lipinski definition) is 1. The van der Waals surface area contributed by atoms with Crippen molar-refractivity contribution >= 4 is 11.8 Å². The van der Waals surface area contributed by atoms with Crippen molar-refractivity contribution < 1.29 is 19.4 Å². The summed E-state index contributed by atoms with van der Waals surface area (Å²) in [5.41, 5.74) is -1.44. The molecule has 0 saturated heterocycles. The first-order valence-electron chi connectivity index (χ1n) is 4.50. The molecule has 0 unspecified atom stereocenters. The van der Waals surface area contributed by atoms with Crippen molar-refractivity contribution in [2.45, 2.75) is 38.2 Å². The van der Waals surface area contributed by atoms with Crippen LogP contribution in [0.5, 0.6) is 0 Å². The number of ether oxygens (including phenoxy) is 1. The second kappa shape index (κ2) is 3.87. The first kappa shape index (κ1) is 10.2. The van der Waals surface area contributed by atoms with Crippen molar-refractivity contribution in [1.82, 2.24) is 0 Å². The minimum absolute atomic E-state index is 0.195. The number of ketones is 1. The summed E-state index contributed by atoms with van der Waals surface area (Å²) in [6.07, 6.45) is 1.22. The molecule has 74 valence electrons. The van der Waals surface area contributed by atoms with Gasteiger partial charge in [-0.1, -0.05) is 0 Å². The topological polar surface area (TPSA) is 63.6 Å². The van der Waals surface area contributed by atoms with Crippen LogP contribution in [0.4, 0.5) is 0 Å². The van der Waals surface area contributed by atoms with E-state index in [0.717, 1.165) is 0 Å². The zero-order chi connectivity index (χ0) is 9.90. The lowest BCUT2D eigenvalue weighted by molar-refractivity contribution is -0.153. The van der Waals surface area contributed by atoms with Crippen molar-refractivity contribution in [2.24, 2.45) is 0 Å². The number of carbonyl (C=O) groups excluding carboxylic acids is 2. The van der Waals surface area contributed by atoms with Crippen LogP contribution in [0, 0.1) is 0 Å². The van der Waals surface area contributed by atoms with Crippen LogP contribution in [0.2, 0.25) is 0 Å². The van der Waals surface area contributed by atoms with E-state index in [-0.39, 0.29) is 18.8 Å². The quantitative estimate of drug-likeness (QED) is 0.649. The summed E-state index contributed by atoms with van der Waals surface area (Å²) >= 11 is 0. The molecule has 0 aromatic heterocycles. The van der Waals surface area contributed by atoms with E-state index in [1.165, 1.54) is 0 Å². The molecule has 4 nitrogen and oxygen atoms in total. The van der Waals surface area contributed by atoms with E-state index in [1.54, 1.807) is 6.92 Å². The molecule has 1 fully saturated rings. The van der Waals surface area contributed by atoms with Crippen LogP contribution in [0.3, 0.4) is 0 Å². The Bertz CT molecular complexity index is 224. The van der Waals surface area contributed by atoms with Crippen LogP contribution in [-0.4, -0.2) is 29.1 Å². The zero-order valence-corrected chi connectivity index (χ0v) is 7.71. The molecular weight excluding hydrogens is 172 g/mol. The number of hydrogen-bond acceptors (Lipinski definition) is 4. The van der Waals surface area contributed by atoms with E-state index >= 15 is 0 Å². The van der Waals surface area contributed by atoms with Crippen LogP contribution in [0.25, 0.3) is 0 Å². The summed E-state index contributed by atoms with van der Waals surface area (Å²) in [6, 6.07) is 0. The molecular formula is C9H14O4. The summed E-state index contributed by atoms with van der Waals surface area (Å²) < 4.78 is 4.67. The molecule has 0 bridgehead atoms. The average molecular weight is 186 g/mol. The van der Waals surface area contributed by atoms with E-state index in [0.29, 0.717) is 19.3 Å². The summed E-state index contributed by atoms with van der Waals surface area (Å²) in [5, 5.41) is 9.71. The Kier molecular flexibility index (Phi) is 3.03. The van der Waals surface area contributed by atoms with Crippen molar-refractivity contribution in [3.63, 3.8) is 0 Å². The van der Waals surface area contributed by atoms with E-state index in [4.69, 9.17) is 0 Å².